The minimum atomic E-state index is -2.05. The van der Waals surface area contributed by atoms with Crippen LogP contribution in [0.15, 0.2) is 83.9 Å². The predicted molar refractivity (Wildman–Crippen MR) is 106 cm³/mol. The van der Waals surface area contributed by atoms with Crippen LogP contribution < -0.4 is 5.48 Å². The quantitative estimate of drug-likeness (QED) is 0.436. The first-order chi connectivity index (χ1) is 11.6. The second-order valence-corrected chi connectivity index (χ2v) is 10.7. The number of rotatable bonds is 6. The van der Waals surface area contributed by atoms with E-state index in [0.717, 1.165) is 5.69 Å². The lowest BCUT2D eigenvalue weighted by Crippen LogP contribution is -2.31. The van der Waals surface area contributed by atoms with Crippen LogP contribution in [0.25, 0.3) is 5.57 Å². The predicted octanol–water partition coefficient (Wildman–Crippen LogP) is 5.97. The Bertz CT molecular complexity index is 783. The molecule has 0 saturated carbocycles. The van der Waals surface area contributed by atoms with E-state index in [1.54, 1.807) is 11.3 Å². The zero-order valence-corrected chi connectivity index (χ0v) is 15.7. The number of benzene rings is 2. The second kappa shape index (κ2) is 7.62. The first kappa shape index (κ1) is 16.7. The first-order valence-corrected chi connectivity index (χ1v) is 11.8. The van der Waals surface area contributed by atoms with Gasteiger partial charge in [-0.05, 0) is 47.8 Å². The molecular weight excluding hydrogens is 330 g/mol. The molecule has 0 unspecified atom stereocenters. The van der Waals surface area contributed by atoms with Crippen LogP contribution in [0.1, 0.15) is 10.4 Å². The minimum Gasteiger partial charge on any atom is -0.317 e. The van der Waals surface area contributed by atoms with E-state index < -0.39 is 8.32 Å². The van der Waals surface area contributed by atoms with Crippen LogP contribution in [0, 0.1) is 0 Å². The summed E-state index contributed by atoms with van der Waals surface area (Å²) in [5, 5.41) is 2.11. The van der Waals surface area contributed by atoms with Crippen molar-refractivity contribution in [2.45, 2.75) is 13.1 Å². The summed E-state index contributed by atoms with van der Waals surface area (Å²) in [6, 6.07) is 24.8. The maximum atomic E-state index is 6.08. The lowest BCUT2D eigenvalue weighted by Gasteiger charge is -2.21. The van der Waals surface area contributed by atoms with E-state index in [-0.39, 0.29) is 0 Å². The summed E-state index contributed by atoms with van der Waals surface area (Å²) in [5.74, 6) is 0. The normalized spacial score (nSPS) is 12.2. The minimum absolute atomic E-state index is 0.976. The number of hydrogen-bond donors (Lipinski definition) is 1. The molecular formula is C20H21NOSSi. The monoisotopic (exact) mass is 351 g/mol. The molecule has 0 aliphatic carbocycles. The van der Waals surface area contributed by atoms with E-state index in [1.165, 1.54) is 16.0 Å². The van der Waals surface area contributed by atoms with Crippen LogP contribution >= 0.6 is 11.3 Å². The van der Waals surface area contributed by atoms with Crippen molar-refractivity contribution in [1.29, 1.82) is 0 Å². The van der Waals surface area contributed by atoms with Gasteiger partial charge in [-0.3, -0.25) is 5.48 Å². The third kappa shape index (κ3) is 4.44. The number of para-hydroxylation sites is 1. The van der Waals surface area contributed by atoms with Gasteiger partial charge in [-0.25, -0.2) is 0 Å². The lowest BCUT2D eigenvalue weighted by atomic mass is 10.1. The molecule has 0 aliphatic heterocycles. The van der Waals surface area contributed by atoms with Crippen molar-refractivity contribution in [3.8, 4) is 0 Å². The molecule has 3 aromatic rings. The summed E-state index contributed by atoms with van der Waals surface area (Å²) in [7, 11) is -2.05. The fourth-order valence-electron chi connectivity index (χ4n) is 2.42. The Morgan fingerprint density at radius 1 is 0.917 bits per heavy atom. The molecule has 2 aromatic carbocycles. The molecule has 1 N–H and O–H groups in total. The Hall–Kier alpha value is -2.14. The zero-order valence-electron chi connectivity index (χ0n) is 13.9. The van der Waals surface area contributed by atoms with Crippen LogP contribution in [-0.2, 0) is 4.53 Å². The molecule has 0 radical (unpaired) electrons. The van der Waals surface area contributed by atoms with Gasteiger partial charge in [-0.2, -0.15) is 0 Å². The lowest BCUT2D eigenvalue weighted by molar-refractivity contribution is 0.405. The van der Waals surface area contributed by atoms with Gasteiger partial charge in [0, 0.05) is 4.88 Å². The van der Waals surface area contributed by atoms with Crippen LogP contribution in [-0.4, -0.2) is 8.32 Å². The Morgan fingerprint density at radius 2 is 1.58 bits per heavy atom. The van der Waals surface area contributed by atoms with Gasteiger partial charge in [0.15, 0.2) is 0 Å². The summed E-state index contributed by atoms with van der Waals surface area (Å²) in [6.07, 6.45) is 0. The molecule has 0 saturated heterocycles. The standard InChI is InChI=1S/C20H21NOSSi/c1-24(2,22-21-18-12-7-4-8-13-18)16-19(20-14-9-15-23-20)17-10-5-3-6-11-17/h3-16,21H,1-2H3/b19-16+. The largest absolute Gasteiger partial charge is 0.317 e. The topological polar surface area (TPSA) is 21.3 Å². The SMILES string of the molecule is C[Si](C)(/C=C(\c1ccccc1)c1cccs1)ONc1ccccc1. The fourth-order valence-corrected chi connectivity index (χ4v) is 4.75. The number of nitrogens with one attached hydrogen (secondary N) is 1. The molecule has 0 spiro atoms. The molecule has 2 nitrogen and oxygen atoms in total. The van der Waals surface area contributed by atoms with Gasteiger partial charge in [0.2, 0.25) is 8.32 Å². The molecule has 0 bridgehead atoms. The van der Waals surface area contributed by atoms with Gasteiger partial charge >= 0.3 is 0 Å². The van der Waals surface area contributed by atoms with Gasteiger partial charge in [0.1, 0.15) is 0 Å². The van der Waals surface area contributed by atoms with E-state index in [2.05, 4.69) is 66.1 Å². The summed E-state index contributed by atoms with van der Waals surface area (Å²) in [5.41, 5.74) is 8.87. The van der Waals surface area contributed by atoms with Crippen LogP contribution in [0.4, 0.5) is 5.69 Å². The zero-order chi connectivity index (χ0) is 16.8. The highest BCUT2D eigenvalue weighted by molar-refractivity contribution is 7.11. The van der Waals surface area contributed by atoms with Crippen molar-refractivity contribution in [3.05, 3.63) is 94.3 Å². The molecule has 0 fully saturated rings. The van der Waals surface area contributed by atoms with Crippen LogP contribution in [0.2, 0.25) is 13.1 Å². The maximum Gasteiger partial charge on any atom is 0.247 e. The number of hydrogen-bond acceptors (Lipinski definition) is 3. The third-order valence-electron chi connectivity index (χ3n) is 3.57. The molecule has 4 heteroatoms. The Morgan fingerprint density at radius 3 is 2.21 bits per heavy atom. The third-order valence-corrected chi connectivity index (χ3v) is 6.08. The molecule has 0 aliphatic rings. The Labute approximate surface area is 148 Å². The molecule has 0 amide bonds. The summed E-state index contributed by atoms with van der Waals surface area (Å²) in [4.78, 5) is 1.27. The molecule has 0 atom stereocenters. The van der Waals surface area contributed by atoms with Gasteiger partial charge < -0.3 is 4.53 Å². The summed E-state index contributed by atoms with van der Waals surface area (Å²) in [6.45, 7) is 4.39. The number of anilines is 1. The van der Waals surface area contributed by atoms with Gasteiger partial charge in [0.25, 0.3) is 0 Å². The first-order valence-electron chi connectivity index (χ1n) is 7.95. The smallest absolute Gasteiger partial charge is 0.247 e. The molecule has 122 valence electrons. The van der Waals surface area contributed by atoms with Crippen LogP contribution in [0.5, 0.6) is 0 Å². The summed E-state index contributed by atoms with van der Waals surface area (Å²) < 4.78 is 6.08. The van der Waals surface area contributed by atoms with Gasteiger partial charge in [-0.15, -0.1) is 11.3 Å². The highest BCUT2D eigenvalue weighted by atomic mass is 32.1. The van der Waals surface area contributed by atoms with E-state index in [0.29, 0.717) is 0 Å². The highest BCUT2D eigenvalue weighted by Gasteiger charge is 2.23. The van der Waals surface area contributed by atoms with Crippen molar-refractivity contribution < 1.29 is 4.53 Å². The van der Waals surface area contributed by atoms with E-state index in [1.807, 2.05) is 36.4 Å². The second-order valence-electron chi connectivity index (χ2n) is 6.07. The average molecular weight is 352 g/mol. The molecule has 1 aromatic heterocycles. The van der Waals surface area contributed by atoms with Crippen molar-refractivity contribution in [2.24, 2.45) is 0 Å². The van der Waals surface area contributed by atoms with E-state index in [9.17, 15) is 0 Å². The van der Waals surface area contributed by atoms with E-state index in [4.69, 9.17) is 4.53 Å². The molecule has 24 heavy (non-hydrogen) atoms. The average Bonchev–Trinajstić information content (AvgIpc) is 3.14. The Balaban J connectivity index is 1.86. The summed E-state index contributed by atoms with van der Waals surface area (Å²) >= 11 is 1.76. The molecule has 3 rings (SSSR count). The van der Waals surface area contributed by atoms with Gasteiger partial charge in [-0.1, -0.05) is 60.3 Å². The van der Waals surface area contributed by atoms with Crippen molar-refractivity contribution in [3.63, 3.8) is 0 Å². The maximum absolute atomic E-state index is 6.08. The highest BCUT2D eigenvalue weighted by Crippen LogP contribution is 2.29. The Kier molecular flexibility index (Phi) is 5.30. The fraction of sp³-hybridized carbons (Fsp3) is 0.100. The number of thiophene rings is 1. The van der Waals surface area contributed by atoms with E-state index >= 15 is 0 Å². The molecule has 1 heterocycles. The van der Waals surface area contributed by atoms with Gasteiger partial charge in [0.05, 0.1) is 5.69 Å². The van der Waals surface area contributed by atoms with Crippen molar-refractivity contribution in [1.82, 2.24) is 0 Å². The van der Waals surface area contributed by atoms with Crippen molar-refractivity contribution in [2.75, 3.05) is 5.48 Å². The van der Waals surface area contributed by atoms with Crippen LogP contribution in [0.3, 0.4) is 0 Å². The van der Waals surface area contributed by atoms with Crippen molar-refractivity contribution >= 4 is 30.9 Å².